The minimum Gasteiger partial charge on any atom is -0.310 e. The minimum atomic E-state index is 0.482. The van der Waals surface area contributed by atoms with Gasteiger partial charge in [0.1, 0.15) is 0 Å². The van der Waals surface area contributed by atoms with E-state index in [-0.39, 0.29) is 0 Å². The number of nitrogens with zero attached hydrogens (tertiary/aromatic N) is 4. The summed E-state index contributed by atoms with van der Waals surface area (Å²) in [6, 6.07) is 2.45. The van der Waals surface area contributed by atoms with E-state index in [1.54, 1.807) is 0 Å². The van der Waals surface area contributed by atoms with Crippen molar-refractivity contribution >= 4 is 0 Å². The van der Waals surface area contributed by atoms with Gasteiger partial charge in [-0.05, 0) is 38.3 Å². The highest BCUT2D eigenvalue weighted by Crippen LogP contribution is 2.28. The Morgan fingerprint density at radius 3 is 3.21 bits per heavy atom. The van der Waals surface area contributed by atoms with Gasteiger partial charge in [-0.1, -0.05) is 0 Å². The van der Waals surface area contributed by atoms with Crippen molar-refractivity contribution in [2.24, 2.45) is 7.05 Å². The summed E-state index contributed by atoms with van der Waals surface area (Å²) in [4.78, 5) is 0. The highest BCUT2D eigenvalue weighted by Gasteiger charge is 2.22. The van der Waals surface area contributed by atoms with Crippen molar-refractivity contribution in [3.63, 3.8) is 0 Å². The Morgan fingerprint density at radius 1 is 1.42 bits per heavy atom. The van der Waals surface area contributed by atoms with E-state index in [2.05, 4.69) is 15.5 Å². The number of hydrogen-bond acceptors (Lipinski definition) is 3. The molecule has 5 heteroatoms. The lowest BCUT2D eigenvalue weighted by atomic mass is 9.93. The first-order valence-electron chi connectivity index (χ1n) is 7.06. The third-order valence-electron chi connectivity index (χ3n) is 3.89. The van der Waals surface area contributed by atoms with E-state index in [4.69, 9.17) is 0 Å². The lowest BCUT2D eigenvalue weighted by molar-refractivity contribution is 0.435. The van der Waals surface area contributed by atoms with E-state index in [1.165, 1.54) is 24.1 Å². The van der Waals surface area contributed by atoms with Gasteiger partial charge in [-0.3, -0.25) is 9.36 Å². The zero-order chi connectivity index (χ0) is 13.1. The van der Waals surface area contributed by atoms with Gasteiger partial charge in [0.2, 0.25) is 0 Å². The smallest absolute Gasteiger partial charge is 0.0540 e. The molecule has 0 fully saturated rings. The molecular weight excluding hydrogens is 238 g/mol. The van der Waals surface area contributed by atoms with Crippen LogP contribution in [0.3, 0.4) is 0 Å². The molecule has 0 aliphatic heterocycles. The van der Waals surface area contributed by atoms with Crippen LogP contribution in [0.25, 0.3) is 0 Å². The van der Waals surface area contributed by atoms with Crippen molar-refractivity contribution in [1.82, 2.24) is 24.9 Å². The van der Waals surface area contributed by atoms with Crippen molar-refractivity contribution in [1.29, 1.82) is 0 Å². The fourth-order valence-corrected chi connectivity index (χ4v) is 2.87. The van der Waals surface area contributed by atoms with Crippen molar-refractivity contribution in [2.75, 3.05) is 6.54 Å². The third kappa shape index (κ3) is 2.71. The van der Waals surface area contributed by atoms with Crippen LogP contribution in [0.15, 0.2) is 24.7 Å². The Morgan fingerprint density at radius 2 is 2.37 bits per heavy atom. The molecule has 0 spiro atoms. The van der Waals surface area contributed by atoms with Gasteiger partial charge >= 0.3 is 0 Å². The van der Waals surface area contributed by atoms with E-state index >= 15 is 0 Å². The number of hydrogen-bond donors (Lipinski definition) is 1. The number of aryl methyl sites for hydroxylation is 2. The summed E-state index contributed by atoms with van der Waals surface area (Å²) in [7, 11) is 2.04. The lowest BCUT2D eigenvalue weighted by Gasteiger charge is -2.23. The van der Waals surface area contributed by atoms with E-state index in [0.29, 0.717) is 6.04 Å². The maximum atomic E-state index is 4.38. The SMILES string of the molecule is Cn1ncc2c1CCCC2NCCCn1cccn1. The molecule has 0 aromatic carbocycles. The van der Waals surface area contributed by atoms with Gasteiger partial charge in [0.05, 0.1) is 6.20 Å². The summed E-state index contributed by atoms with van der Waals surface area (Å²) in [5.41, 5.74) is 2.80. The second-order valence-corrected chi connectivity index (χ2v) is 5.19. The average Bonchev–Trinajstić information content (AvgIpc) is 3.06. The molecule has 1 aliphatic rings. The molecule has 0 amide bonds. The van der Waals surface area contributed by atoms with Crippen LogP contribution in [0, 0.1) is 0 Å². The van der Waals surface area contributed by atoms with Crippen LogP contribution >= 0.6 is 0 Å². The van der Waals surface area contributed by atoms with Crippen LogP contribution in [0.2, 0.25) is 0 Å². The van der Waals surface area contributed by atoms with Crippen LogP contribution < -0.4 is 5.32 Å². The molecule has 2 aromatic rings. The molecular formula is C14H21N5. The largest absolute Gasteiger partial charge is 0.310 e. The Hall–Kier alpha value is -1.62. The summed E-state index contributed by atoms with van der Waals surface area (Å²) < 4.78 is 4.00. The van der Waals surface area contributed by atoms with Crippen molar-refractivity contribution < 1.29 is 0 Å². The fourth-order valence-electron chi connectivity index (χ4n) is 2.87. The zero-order valence-electron chi connectivity index (χ0n) is 11.4. The van der Waals surface area contributed by atoms with Gasteiger partial charge in [-0.25, -0.2) is 0 Å². The highest BCUT2D eigenvalue weighted by molar-refractivity contribution is 5.24. The molecule has 102 valence electrons. The number of rotatable bonds is 5. The molecule has 0 saturated heterocycles. The van der Waals surface area contributed by atoms with E-state index in [0.717, 1.165) is 25.9 Å². The molecule has 1 unspecified atom stereocenters. The van der Waals surface area contributed by atoms with Crippen LogP contribution in [0.5, 0.6) is 0 Å². The molecule has 2 heterocycles. The Balaban J connectivity index is 1.51. The van der Waals surface area contributed by atoms with Gasteiger partial charge in [0.25, 0.3) is 0 Å². The molecule has 5 nitrogen and oxygen atoms in total. The summed E-state index contributed by atoms with van der Waals surface area (Å²) in [5.74, 6) is 0. The first-order chi connectivity index (χ1) is 9.34. The summed E-state index contributed by atoms with van der Waals surface area (Å²) in [6.07, 6.45) is 10.6. The van der Waals surface area contributed by atoms with Crippen molar-refractivity contribution in [3.05, 3.63) is 35.9 Å². The highest BCUT2D eigenvalue weighted by atomic mass is 15.3. The number of fused-ring (bicyclic) bond motifs is 1. The summed E-state index contributed by atoms with van der Waals surface area (Å²) >= 11 is 0. The molecule has 0 radical (unpaired) electrons. The van der Waals surface area contributed by atoms with E-state index in [1.807, 2.05) is 41.1 Å². The summed E-state index contributed by atoms with van der Waals surface area (Å²) in [5, 5.41) is 12.3. The number of aromatic nitrogens is 4. The quantitative estimate of drug-likeness (QED) is 0.831. The predicted octanol–water partition coefficient (Wildman–Crippen LogP) is 1.67. The Labute approximate surface area is 113 Å². The van der Waals surface area contributed by atoms with Crippen LogP contribution in [-0.4, -0.2) is 26.1 Å². The molecule has 19 heavy (non-hydrogen) atoms. The first kappa shape index (κ1) is 12.4. The topological polar surface area (TPSA) is 47.7 Å². The first-order valence-corrected chi connectivity index (χ1v) is 7.06. The molecule has 1 N–H and O–H groups in total. The van der Waals surface area contributed by atoms with Crippen molar-refractivity contribution in [3.8, 4) is 0 Å². The number of nitrogens with one attached hydrogen (secondary N) is 1. The minimum absolute atomic E-state index is 0.482. The molecule has 1 atom stereocenters. The Bertz CT molecular complexity index is 514. The average molecular weight is 259 g/mol. The molecule has 3 rings (SSSR count). The van der Waals surface area contributed by atoms with Gasteiger partial charge in [0, 0.05) is 43.3 Å². The normalized spacial score (nSPS) is 18.5. The predicted molar refractivity (Wildman–Crippen MR) is 73.7 cm³/mol. The van der Waals surface area contributed by atoms with Crippen molar-refractivity contribution in [2.45, 2.75) is 38.3 Å². The molecule has 0 bridgehead atoms. The Kier molecular flexibility index (Phi) is 3.64. The van der Waals surface area contributed by atoms with Crippen LogP contribution in [0.1, 0.15) is 36.6 Å². The lowest BCUT2D eigenvalue weighted by Crippen LogP contribution is -2.26. The van der Waals surface area contributed by atoms with Gasteiger partial charge in [-0.2, -0.15) is 10.2 Å². The maximum Gasteiger partial charge on any atom is 0.0540 e. The fraction of sp³-hybridized carbons (Fsp3) is 0.571. The van der Waals surface area contributed by atoms with Gasteiger partial charge in [0.15, 0.2) is 0 Å². The monoisotopic (exact) mass is 259 g/mol. The summed E-state index contributed by atoms with van der Waals surface area (Å²) in [6.45, 7) is 2.01. The van der Waals surface area contributed by atoms with Crippen LogP contribution in [-0.2, 0) is 20.0 Å². The van der Waals surface area contributed by atoms with Gasteiger partial charge in [-0.15, -0.1) is 0 Å². The second-order valence-electron chi connectivity index (χ2n) is 5.19. The zero-order valence-corrected chi connectivity index (χ0v) is 11.4. The standard InChI is InChI=1S/C14H21N5/c1-18-14-6-2-5-13(12(14)11-17-18)15-7-3-9-19-10-4-8-16-19/h4,8,10-11,13,15H,2-3,5-7,9H2,1H3. The maximum absolute atomic E-state index is 4.38. The van der Waals surface area contributed by atoms with E-state index in [9.17, 15) is 0 Å². The van der Waals surface area contributed by atoms with E-state index < -0.39 is 0 Å². The third-order valence-corrected chi connectivity index (χ3v) is 3.89. The second kappa shape index (κ2) is 5.57. The van der Waals surface area contributed by atoms with Crippen LogP contribution in [0.4, 0.5) is 0 Å². The molecule has 0 saturated carbocycles. The molecule has 2 aromatic heterocycles. The molecule has 1 aliphatic carbocycles. The van der Waals surface area contributed by atoms with Gasteiger partial charge < -0.3 is 5.32 Å².